The molecule has 1 aliphatic rings. The number of carboxylic acid groups (broad SMARTS) is 1. The van der Waals surface area contributed by atoms with Gasteiger partial charge in [-0.05, 0) is 17.2 Å². The Morgan fingerprint density at radius 1 is 1.08 bits per heavy atom. The Bertz CT molecular complexity index is 765. The number of ether oxygens (including phenoxy) is 1. The predicted molar refractivity (Wildman–Crippen MR) is 88.5 cm³/mol. The summed E-state index contributed by atoms with van der Waals surface area (Å²) >= 11 is 0. The molecule has 3 rings (SSSR count). The molecule has 1 amide bonds. The Morgan fingerprint density at radius 3 is 2.44 bits per heavy atom. The van der Waals surface area contributed by atoms with Crippen LogP contribution in [-0.2, 0) is 16.1 Å². The minimum absolute atomic E-state index is 0.00194. The van der Waals surface area contributed by atoms with Gasteiger partial charge in [0.1, 0.15) is 12.4 Å². The molecule has 0 unspecified atom stereocenters. The van der Waals surface area contributed by atoms with Gasteiger partial charge in [-0.1, -0.05) is 48.5 Å². The first kappa shape index (κ1) is 17.0. The summed E-state index contributed by atoms with van der Waals surface area (Å²) in [5, 5.41) is 9.44. The van der Waals surface area contributed by atoms with E-state index in [-0.39, 0.29) is 19.7 Å². The van der Waals surface area contributed by atoms with Crippen LogP contribution in [0.5, 0.6) is 0 Å². The van der Waals surface area contributed by atoms with Crippen LogP contribution in [0.4, 0.5) is 9.18 Å². The van der Waals surface area contributed by atoms with Gasteiger partial charge in [-0.15, -0.1) is 0 Å². The summed E-state index contributed by atoms with van der Waals surface area (Å²) in [6, 6.07) is 15.3. The number of likely N-dealkylation sites (tertiary alicyclic amines) is 1. The van der Waals surface area contributed by atoms with Gasteiger partial charge < -0.3 is 14.7 Å². The van der Waals surface area contributed by atoms with E-state index in [2.05, 4.69) is 0 Å². The fourth-order valence-electron chi connectivity index (χ4n) is 3.10. The third-order valence-corrected chi connectivity index (χ3v) is 4.41. The van der Waals surface area contributed by atoms with Crippen LogP contribution in [0.1, 0.15) is 17.0 Å². The Morgan fingerprint density at radius 2 is 1.76 bits per heavy atom. The van der Waals surface area contributed by atoms with Gasteiger partial charge in [0.05, 0.1) is 5.92 Å². The van der Waals surface area contributed by atoms with Crippen molar-refractivity contribution in [1.82, 2.24) is 4.90 Å². The number of rotatable bonds is 4. The summed E-state index contributed by atoms with van der Waals surface area (Å²) in [6.45, 7) is 0.228. The second-order valence-corrected chi connectivity index (χ2v) is 6.02. The van der Waals surface area contributed by atoms with Crippen molar-refractivity contribution < 1.29 is 23.8 Å². The van der Waals surface area contributed by atoms with Crippen molar-refractivity contribution in [3.63, 3.8) is 0 Å². The quantitative estimate of drug-likeness (QED) is 0.925. The number of carboxylic acids is 1. The van der Waals surface area contributed by atoms with Crippen LogP contribution < -0.4 is 0 Å². The van der Waals surface area contributed by atoms with Gasteiger partial charge in [0.2, 0.25) is 0 Å². The highest BCUT2D eigenvalue weighted by Gasteiger charge is 2.42. The SMILES string of the molecule is O=C(O)[C@@H]1CN(C(=O)OCc2ccccc2)C[C@H]1c1ccccc1F. The number of hydrogen-bond donors (Lipinski definition) is 1. The molecule has 25 heavy (non-hydrogen) atoms. The third-order valence-electron chi connectivity index (χ3n) is 4.41. The Hall–Kier alpha value is -2.89. The van der Waals surface area contributed by atoms with Gasteiger partial charge >= 0.3 is 12.1 Å². The first-order chi connectivity index (χ1) is 12.1. The molecular formula is C19H18FNO4. The number of amides is 1. The van der Waals surface area contributed by atoms with Crippen molar-refractivity contribution in [1.29, 1.82) is 0 Å². The summed E-state index contributed by atoms with van der Waals surface area (Å²) in [6.07, 6.45) is -0.589. The van der Waals surface area contributed by atoms with Crippen molar-refractivity contribution >= 4 is 12.1 Å². The van der Waals surface area contributed by atoms with Crippen molar-refractivity contribution in [3.8, 4) is 0 Å². The molecule has 1 saturated heterocycles. The Labute approximate surface area is 144 Å². The minimum Gasteiger partial charge on any atom is -0.481 e. The molecule has 6 heteroatoms. The molecule has 2 aromatic rings. The molecule has 0 aromatic heterocycles. The van der Waals surface area contributed by atoms with E-state index >= 15 is 0 Å². The van der Waals surface area contributed by atoms with E-state index in [9.17, 15) is 19.1 Å². The maximum absolute atomic E-state index is 14.0. The van der Waals surface area contributed by atoms with Gasteiger partial charge in [0.15, 0.2) is 0 Å². The van der Waals surface area contributed by atoms with Crippen LogP contribution in [0.15, 0.2) is 54.6 Å². The minimum atomic E-state index is -1.05. The molecule has 0 spiro atoms. The normalized spacial score (nSPS) is 19.6. The maximum atomic E-state index is 14.0. The molecule has 2 atom stereocenters. The van der Waals surface area contributed by atoms with Crippen molar-refractivity contribution in [3.05, 3.63) is 71.5 Å². The number of nitrogens with zero attached hydrogens (tertiary/aromatic N) is 1. The van der Waals surface area contributed by atoms with E-state index in [1.807, 2.05) is 30.3 Å². The number of halogens is 1. The highest BCUT2D eigenvalue weighted by molar-refractivity contribution is 5.75. The van der Waals surface area contributed by atoms with Gasteiger partial charge in [0.25, 0.3) is 0 Å². The number of benzene rings is 2. The van der Waals surface area contributed by atoms with Crippen LogP contribution in [-0.4, -0.2) is 35.2 Å². The molecule has 130 valence electrons. The molecule has 1 aliphatic heterocycles. The smallest absolute Gasteiger partial charge is 0.410 e. The summed E-state index contributed by atoms with van der Waals surface area (Å²) in [4.78, 5) is 25.1. The molecule has 1 fully saturated rings. The zero-order valence-corrected chi connectivity index (χ0v) is 13.5. The molecule has 5 nitrogen and oxygen atoms in total. The van der Waals surface area contributed by atoms with Crippen LogP contribution in [0.3, 0.4) is 0 Å². The summed E-state index contributed by atoms with van der Waals surface area (Å²) < 4.78 is 19.3. The second-order valence-electron chi connectivity index (χ2n) is 6.02. The van der Waals surface area contributed by atoms with Crippen molar-refractivity contribution in [2.45, 2.75) is 12.5 Å². The van der Waals surface area contributed by atoms with E-state index in [0.29, 0.717) is 5.56 Å². The standard InChI is InChI=1S/C19H18FNO4/c20-17-9-5-4-8-14(17)15-10-21(11-16(15)18(22)23)19(24)25-12-13-6-2-1-3-7-13/h1-9,15-16H,10-12H2,(H,22,23)/t15-,16+/m0/s1. The lowest BCUT2D eigenvalue weighted by Crippen LogP contribution is -2.30. The van der Waals surface area contributed by atoms with Gasteiger partial charge in [-0.2, -0.15) is 0 Å². The number of aliphatic carboxylic acids is 1. The van der Waals surface area contributed by atoms with Crippen LogP contribution in [0, 0.1) is 11.7 Å². The number of carbonyl (C=O) groups excluding carboxylic acids is 1. The molecule has 1 heterocycles. The first-order valence-corrected chi connectivity index (χ1v) is 7.99. The van der Waals surface area contributed by atoms with E-state index in [4.69, 9.17) is 4.74 Å². The Balaban J connectivity index is 1.70. The Kier molecular flexibility index (Phi) is 4.97. The number of hydrogen-bond acceptors (Lipinski definition) is 3. The molecule has 0 bridgehead atoms. The van der Waals surface area contributed by atoms with E-state index in [1.54, 1.807) is 18.2 Å². The molecule has 1 N–H and O–H groups in total. The summed E-state index contributed by atoms with van der Waals surface area (Å²) in [5.41, 5.74) is 1.16. The van der Waals surface area contributed by atoms with E-state index in [1.165, 1.54) is 11.0 Å². The van der Waals surface area contributed by atoms with E-state index in [0.717, 1.165) is 5.56 Å². The largest absolute Gasteiger partial charge is 0.481 e. The van der Waals surface area contributed by atoms with Gasteiger partial charge in [-0.3, -0.25) is 4.79 Å². The second kappa shape index (κ2) is 7.34. The van der Waals surface area contributed by atoms with Gasteiger partial charge in [0, 0.05) is 19.0 Å². The van der Waals surface area contributed by atoms with Crippen molar-refractivity contribution in [2.75, 3.05) is 13.1 Å². The fourth-order valence-corrected chi connectivity index (χ4v) is 3.10. The lowest BCUT2D eigenvalue weighted by molar-refractivity contribution is -0.141. The summed E-state index contributed by atoms with van der Waals surface area (Å²) in [5.74, 6) is -2.96. The van der Waals surface area contributed by atoms with E-state index < -0.39 is 29.7 Å². The summed E-state index contributed by atoms with van der Waals surface area (Å²) in [7, 11) is 0. The first-order valence-electron chi connectivity index (χ1n) is 7.99. The predicted octanol–water partition coefficient (Wildman–Crippen LogP) is 3.26. The molecule has 2 aromatic carbocycles. The molecular weight excluding hydrogens is 325 g/mol. The third kappa shape index (κ3) is 3.79. The average molecular weight is 343 g/mol. The van der Waals surface area contributed by atoms with Crippen LogP contribution in [0.25, 0.3) is 0 Å². The molecule has 0 radical (unpaired) electrons. The zero-order chi connectivity index (χ0) is 17.8. The van der Waals surface area contributed by atoms with Crippen LogP contribution >= 0.6 is 0 Å². The van der Waals surface area contributed by atoms with Crippen molar-refractivity contribution in [2.24, 2.45) is 5.92 Å². The fraction of sp³-hybridized carbons (Fsp3) is 0.263. The topological polar surface area (TPSA) is 66.8 Å². The number of carbonyl (C=O) groups is 2. The highest BCUT2D eigenvalue weighted by atomic mass is 19.1. The van der Waals surface area contributed by atoms with Crippen LogP contribution in [0.2, 0.25) is 0 Å². The average Bonchev–Trinajstić information content (AvgIpc) is 3.06. The molecule has 0 aliphatic carbocycles. The lowest BCUT2D eigenvalue weighted by Gasteiger charge is -2.16. The highest BCUT2D eigenvalue weighted by Crippen LogP contribution is 2.34. The monoisotopic (exact) mass is 343 g/mol. The lowest BCUT2D eigenvalue weighted by atomic mass is 9.89. The zero-order valence-electron chi connectivity index (χ0n) is 13.5. The molecule has 0 saturated carbocycles. The maximum Gasteiger partial charge on any atom is 0.410 e. The van der Waals surface area contributed by atoms with Gasteiger partial charge in [-0.25, -0.2) is 9.18 Å².